The van der Waals surface area contributed by atoms with Gasteiger partial charge < -0.3 is 10.6 Å². The van der Waals surface area contributed by atoms with Crippen LogP contribution >= 0.6 is 0 Å². The quantitative estimate of drug-likeness (QED) is 0.864. The van der Waals surface area contributed by atoms with Crippen molar-refractivity contribution >= 4 is 17.4 Å². The van der Waals surface area contributed by atoms with Gasteiger partial charge in [-0.25, -0.2) is 4.79 Å². The summed E-state index contributed by atoms with van der Waals surface area (Å²) in [5.41, 5.74) is 4.66. The number of amides is 2. The number of fused-ring (bicyclic) bond motifs is 1. The highest BCUT2D eigenvalue weighted by atomic mass is 16.2. The summed E-state index contributed by atoms with van der Waals surface area (Å²) < 4.78 is 0. The first-order chi connectivity index (χ1) is 13.2. The van der Waals surface area contributed by atoms with Crippen molar-refractivity contribution in [1.82, 2.24) is 4.90 Å². The maximum Gasteiger partial charge on any atom is 0.323 e. The van der Waals surface area contributed by atoms with Crippen LogP contribution in [-0.2, 0) is 12.8 Å². The molecule has 1 saturated carbocycles. The van der Waals surface area contributed by atoms with Crippen molar-refractivity contribution in [3.05, 3.63) is 59.2 Å². The molecule has 0 unspecified atom stereocenters. The summed E-state index contributed by atoms with van der Waals surface area (Å²) in [6.45, 7) is 2.24. The summed E-state index contributed by atoms with van der Waals surface area (Å²) in [6.07, 6.45) is 6.17. The van der Waals surface area contributed by atoms with Gasteiger partial charge in [-0.15, -0.1) is 0 Å². The minimum Gasteiger partial charge on any atom is -0.308 e. The molecule has 0 spiro atoms. The minimum absolute atomic E-state index is 0.297. The Bertz CT molecular complexity index is 882. The number of urea groups is 1. The molecule has 2 N–H and O–H groups in total. The Kier molecular flexibility index (Phi) is 5.08. The van der Waals surface area contributed by atoms with E-state index in [1.165, 1.54) is 30.4 Å². The van der Waals surface area contributed by atoms with Crippen LogP contribution in [0.4, 0.5) is 16.2 Å². The highest BCUT2D eigenvalue weighted by Gasteiger charge is 2.26. The number of nitrogens with zero attached hydrogens (tertiary/aromatic N) is 2. The number of carbonyl (C=O) groups excluding carboxylic acids is 1. The van der Waals surface area contributed by atoms with E-state index in [1.807, 2.05) is 6.07 Å². The van der Waals surface area contributed by atoms with Gasteiger partial charge in [0.1, 0.15) is 0 Å². The summed E-state index contributed by atoms with van der Waals surface area (Å²) in [7, 11) is 0. The van der Waals surface area contributed by atoms with Crippen molar-refractivity contribution in [2.24, 2.45) is 0 Å². The van der Waals surface area contributed by atoms with E-state index in [-0.39, 0.29) is 6.03 Å². The Morgan fingerprint density at radius 3 is 2.44 bits per heavy atom. The molecule has 0 bridgehead atoms. The van der Waals surface area contributed by atoms with Gasteiger partial charge in [0.2, 0.25) is 0 Å². The van der Waals surface area contributed by atoms with Crippen molar-refractivity contribution in [3.8, 4) is 6.07 Å². The molecule has 5 nitrogen and oxygen atoms in total. The Hall–Kier alpha value is -2.84. The number of benzene rings is 2. The lowest BCUT2D eigenvalue weighted by Gasteiger charge is -2.36. The second-order valence-corrected chi connectivity index (χ2v) is 7.38. The molecule has 5 heteroatoms. The highest BCUT2D eigenvalue weighted by Crippen LogP contribution is 2.28. The van der Waals surface area contributed by atoms with Gasteiger partial charge in [-0.05, 0) is 67.1 Å². The van der Waals surface area contributed by atoms with Crippen molar-refractivity contribution in [1.29, 1.82) is 5.26 Å². The first-order valence-electron chi connectivity index (χ1n) is 9.65. The largest absolute Gasteiger partial charge is 0.323 e. The van der Waals surface area contributed by atoms with Gasteiger partial charge in [0.05, 0.1) is 11.6 Å². The number of anilines is 2. The van der Waals surface area contributed by atoms with Crippen molar-refractivity contribution in [2.75, 3.05) is 23.7 Å². The second-order valence-electron chi connectivity index (χ2n) is 7.38. The number of nitriles is 1. The molecular weight excluding hydrogens is 336 g/mol. The molecular formula is C22H24N4O. The van der Waals surface area contributed by atoms with Crippen LogP contribution in [0.1, 0.15) is 36.0 Å². The molecule has 1 aliphatic carbocycles. The van der Waals surface area contributed by atoms with Crippen LogP contribution < -0.4 is 10.6 Å². The normalized spacial score (nSPS) is 17.1. The van der Waals surface area contributed by atoms with E-state index >= 15 is 0 Å². The molecule has 138 valence electrons. The van der Waals surface area contributed by atoms with E-state index in [0.717, 1.165) is 37.7 Å². The van der Waals surface area contributed by atoms with Gasteiger partial charge in [0, 0.05) is 30.5 Å². The van der Waals surface area contributed by atoms with Crippen LogP contribution in [0.15, 0.2) is 42.5 Å². The third kappa shape index (κ3) is 4.12. The summed E-state index contributed by atoms with van der Waals surface area (Å²) >= 11 is 0. The zero-order valence-electron chi connectivity index (χ0n) is 15.4. The molecule has 1 fully saturated rings. The lowest BCUT2D eigenvalue weighted by Crippen LogP contribution is -2.41. The number of nitrogens with one attached hydrogen (secondary N) is 2. The predicted molar refractivity (Wildman–Crippen MR) is 107 cm³/mol. The van der Waals surface area contributed by atoms with Crippen molar-refractivity contribution < 1.29 is 4.79 Å². The molecule has 0 saturated heterocycles. The maximum atomic E-state index is 12.3. The maximum absolute atomic E-state index is 12.3. The lowest BCUT2D eigenvalue weighted by molar-refractivity contribution is 0.133. The molecule has 2 amide bonds. The molecule has 0 radical (unpaired) electrons. The van der Waals surface area contributed by atoms with E-state index in [0.29, 0.717) is 11.3 Å². The standard InChI is InChI=1S/C22H24N4O/c23-15-16-3-1-4-19(13-16)24-22(27)25-20-8-7-17-9-11-26(21-5-2-6-21)12-10-18(17)14-20/h1,3-4,7-8,13-14,21H,2,5-6,9-12H2,(H2,24,25,27). The molecule has 0 atom stereocenters. The number of hydrogen-bond donors (Lipinski definition) is 2. The Morgan fingerprint density at radius 2 is 1.74 bits per heavy atom. The van der Waals surface area contributed by atoms with Gasteiger partial charge in [-0.1, -0.05) is 18.6 Å². The van der Waals surface area contributed by atoms with Gasteiger partial charge in [-0.2, -0.15) is 5.26 Å². The SMILES string of the molecule is N#Cc1cccc(NC(=O)Nc2ccc3c(c2)CCN(C2CCC2)CC3)c1. The summed E-state index contributed by atoms with van der Waals surface area (Å²) in [6, 6.07) is 15.7. The highest BCUT2D eigenvalue weighted by molar-refractivity contribution is 5.99. The number of rotatable bonds is 3. The zero-order chi connectivity index (χ0) is 18.6. The Morgan fingerprint density at radius 1 is 1.00 bits per heavy atom. The number of carbonyl (C=O) groups is 1. The van der Waals surface area contributed by atoms with E-state index in [9.17, 15) is 4.79 Å². The van der Waals surface area contributed by atoms with Crippen LogP contribution in [0.5, 0.6) is 0 Å². The molecule has 0 aromatic heterocycles. The van der Waals surface area contributed by atoms with Gasteiger partial charge in [-0.3, -0.25) is 4.90 Å². The van der Waals surface area contributed by atoms with E-state index in [4.69, 9.17) is 5.26 Å². The molecule has 1 aliphatic heterocycles. The Labute approximate surface area is 160 Å². The average Bonchev–Trinajstić information content (AvgIpc) is 2.83. The minimum atomic E-state index is -0.297. The summed E-state index contributed by atoms with van der Waals surface area (Å²) in [5.74, 6) is 0. The molecule has 2 aromatic rings. The molecule has 1 heterocycles. The van der Waals surface area contributed by atoms with E-state index in [2.05, 4.69) is 33.7 Å². The van der Waals surface area contributed by atoms with E-state index < -0.39 is 0 Å². The van der Waals surface area contributed by atoms with Crippen LogP contribution in [-0.4, -0.2) is 30.1 Å². The third-order valence-electron chi connectivity index (χ3n) is 5.64. The Balaban J connectivity index is 1.39. The molecule has 4 rings (SSSR count). The first-order valence-corrected chi connectivity index (χ1v) is 9.65. The monoisotopic (exact) mass is 360 g/mol. The van der Waals surface area contributed by atoms with Gasteiger partial charge in [0.25, 0.3) is 0 Å². The fourth-order valence-electron chi connectivity index (χ4n) is 3.90. The van der Waals surface area contributed by atoms with Crippen LogP contribution in [0, 0.1) is 11.3 Å². The molecule has 2 aromatic carbocycles. The van der Waals surface area contributed by atoms with Crippen molar-refractivity contribution in [3.63, 3.8) is 0 Å². The third-order valence-corrected chi connectivity index (χ3v) is 5.64. The zero-order valence-corrected chi connectivity index (χ0v) is 15.4. The van der Waals surface area contributed by atoms with Crippen molar-refractivity contribution in [2.45, 2.75) is 38.1 Å². The average molecular weight is 360 g/mol. The second kappa shape index (κ2) is 7.81. The smallest absolute Gasteiger partial charge is 0.308 e. The van der Waals surface area contributed by atoms with E-state index in [1.54, 1.807) is 24.3 Å². The first kappa shape index (κ1) is 17.6. The molecule has 27 heavy (non-hydrogen) atoms. The summed E-state index contributed by atoms with van der Waals surface area (Å²) in [5, 5.41) is 14.7. The van der Waals surface area contributed by atoms with Crippen LogP contribution in [0.25, 0.3) is 0 Å². The van der Waals surface area contributed by atoms with Gasteiger partial charge in [0.15, 0.2) is 0 Å². The predicted octanol–water partition coefficient (Wildman–Crippen LogP) is 4.16. The van der Waals surface area contributed by atoms with Crippen LogP contribution in [0.2, 0.25) is 0 Å². The fraction of sp³-hybridized carbons (Fsp3) is 0.364. The van der Waals surface area contributed by atoms with Gasteiger partial charge >= 0.3 is 6.03 Å². The molecule has 2 aliphatic rings. The number of hydrogen-bond acceptors (Lipinski definition) is 3. The topological polar surface area (TPSA) is 68.2 Å². The fourth-order valence-corrected chi connectivity index (χ4v) is 3.90. The summed E-state index contributed by atoms with van der Waals surface area (Å²) in [4.78, 5) is 14.9. The van der Waals surface area contributed by atoms with Crippen LogP contribution in [0.3, 0.4) is 0 Å². The lowest BCUT2D eigenvalue weighted by atomic mass is 9.91.